The van der Waals surface area contributed by atoms with Gasteiger partial charge in [-0.1, -0.05) is 19.9 Å². The summed E-state index contributed by atoms with van der Waals surface area (Å²) < 4.78 is 17.8. The van der Waals surface area contributed by atoms with Gasteiger partial charge in [0.2, 0.25) is 5.91 Å². The number of aromatic hydroxyl groups is 1. The van der Waals surface area contributed by atoms with Gasteiger partial charge < -0.3 is 23.9 Å². The summed E-state index contributed by atoms with van der Waals surface area (Å²) in [5, 5.41) is 11.2. The Bertz CT molecular complexity index is 1250. The van der Waals surface area contributed by atoms with Crippen LogP contribution in [0.3, 0.4) is 0 Å². The minimum Gasteiger partial charge on any atom is -0.508 e. The highest BCUT2D eigenvalue weighted by molar-refractivity contribution is 5.92. The van der Waals surface area contributed by atoms with Crippen LogP contribution in [0.4, 0.5) is 0 Å². The van der Waals surface area contributed by atoms with Gasteiger partial charge in [0.15, 0.2) is 11.5 Å². The zero-order valence-corrected chi connectivity index (χ0v) is 22.6. The molecule has 3 heterocycles. The van der Waals surface area contributed by atoms with Crippen LogP contribution in [0.25, 0.3) is 6.08 Å². The first kappa shape index (κ1) is 25.1. The van der Waals surface area contributed by atoms with Crippen LogP contribution in [0, 0.1) is 11.8 Å². The molecule has 0 radical (unpaired) electrons. The summed E-state index contributed by atoms with van der Waals surface area (Å²) in [4.78, 5) is 18.3. The number of hydrogen-bond acceptors (Lipinski definition) is 6. The molecular weight excluding hydrogens is 480 g/mol. The van der Waals surface area contributed by atoms with Crippen LogP contribution in [0.1, 0.15) is 49.8 Å². The quantitative estimate of drug-likeness (QED) is 0.400. The lowest BCUT2D eigenvalue weighted by molar-refractivity contribution is -0.138. The van der Waals surface area contributed by atoms with E-state index in [2.05, 4.69) is 25.3 Å². The zero-order chi connectivity index (χ0) is 26.6. The zero-order valence-electron chi connectivity index (χ0n) is 22.6. The average Bonchev–Trinajstić information content (AvgIpc) is 3.54. The fourth-order valence-corrected chi connectivity index (χ4v) is 7.93. The maximum Gasteiger partial charge on any atom is 0.246 e. The van der Waals surface area contributed by atoms with E-state index in [-0.39, 0.29) is 29.2 Å². The van der Waals surface area contributed by atoms with Crippen molar-refractivity contribution in [3.63, 3.8) is 0 Å². The first-order chi connectivity index (χ1) is 18.4. The Morgan fingerprint density at radius 3 is 2.95 bits per heavy atom. The Morgan fingerprint density at radius 2 is 2.24 bits per heavy atom. The summed E-state index contributed by atoms with van der Waals surface area (Å²) in [6, 6.07) is 3.78. The van der Waals surface area contributed by atoms with Crippen molar-refractivity contribution in [3.05, 3.63) is 60.1 Å². The number of phenols is 1. The number of likely N-dealkylation sites (tertiary alicyclic amines) is 1. The van der Waals surface area contributed by atoms with E-state index in [0.29, 0.717) is 30.2 Å². The number of phenolic OH excluding ortho intramolecular Hbond substituents is 1. The Hall–Kier alpha value is -3.19. The number of hydrogen-bond donors (Lipinski definition) is 1. The molecule has 2 fully saturated rings. The molecule has 2 bridgehead atoms. The number of benzene rings is 1. The summed E-state index contributed by atoms with van der Waals surface area (Å²) in [6.07, 6.45) is 12.1. The van der Waals surface area contributed by atoms with Gasteiger partial charge in [-0.15, -0.1) is 6.58 Å². The second kappa shape index (κ2) is 9.53. The smallest absolute Gasteiger partial charge is 0.246 e. The van der Waals surface area contributed by atoms with Crippen LogP contribution in [-0.2, 0) is 16.6 Å². The topological polar surface area (TPSA) is 75.4 Å². The Labute approximate surface area is 224 Å². The third-order valence-corrected chi connectivity index (χ3v) is 9.28. The maximum atomic E-state index is 13.8. The van der Waals surface area contributed by atoms with Crippen molar-refractivity contribution in [2.45, 2.75) is 63.1 Å². The largest absolute Gasteiger partial charge is 0.508 e. The minimum atomic E-state index is -0.260. The van der Waals surface area contributed by atoms with Crippen molar-refractivity contribution in [2.24, 2.45) is 11.8 Å². The molecule has 2 aromatic rings. The van der Waals surface area contributed by atoms with Crippen LogP contribution in [-0.4, -0.2) is 65.7 Å². The standard InChI is InChI=1S/C31H38N2O5/c1-5-12-32-13-11-31-22-7-8-23(33(17-19(2)3)27(35)9-6-20-10-14-37-18-20)30(31)38-29-26(36-4)16-25(34)21(28(29)31)15-24(22)32/h5-6,9-10,14,16,18-19,22-24,30,34H,1,7-8,11-13,15,17H2,2-4H3/b9-6+/t22-,23+,24+,30-,31-/m0/s1. The first-order valence-corrected chi connectivity index (χ1v) is 13.8. The lowest BCUT2D eigenvalue weighted by Gasteiger charge is -2.60. The Balaban J connectivity index is 1.44. The van der Waals surface area contributed by atoms with Gasteiger partial charge >= 0.3 is 0 Å². The van der Waals surface area contributed by atoms with E-state index < -0.39 is 0 Å². The molecule has 1 saturated heterocycles. The molecule has 2 aliphatic carbocycles. The highest BCUT2D eigenvalue weighted by Crippen LogP contribution is 2.65. The third kappa shape index (κ3) is 3.69. The Morgan fingerprint density at radius 1 is 1.39 bits per heavy atom. The molecule has 7 heteroatoms. The summed E-state index contributed by atoms with van der Waals surface area (Å²) in [5.41, 5.74) is 2.73. The third-order valence-electron chi connectivity index (χ3n) is 9.28. The first-order valence-electron chi connectivity index (χ1n) is 13.8. The molecule has 7 nitrogen and oxygen atoms in total. The van der Waals surface area contributed by atoms with Crippen LogP contribution in [0.2, 0.25) is 0 Å². The van der Waals surface area contributed by atoms with Crippen molar-refractivity contribution >= 4 is 12.0 Å². The number of rotatable bonds is 8. The highest BCUT2D eigenvalue weighted by atomic mass is 16.5. The lowest BCUT2D eigenvalue weighted by Crippen LogP contribution is -2.69. The summed E-state index contributed by atoms with van der Waals surface area (Å²) >= 11 is 0. The molecule has 1 aromatic carbocycles. The fraction of sp³-hybridized carbons (Fsp3) is 0.516. The Kier molecular flexibility index (Phi) is 6.29. The highest BCUT2D eigenvalue weighted by Gasteiger charge is 2.67. The van der Waals surface area contributed by atoms with E-state index in [4.69, 9.17) is 13.9 Å². The van der Waals surface area contributed by atoms with Crippen LogP contribution in [0.5, 0.6) is 17.2 Å². The lowest BCUT2D eigenvalue weighted by atomic mass is 9.50. The van der Waals surface area contributed by atoms with E-state index in [1.165, 1.54) is 0 Å². The van der Waals surface area contributed by atoms with Gasteiger partial charge in [-0.25, -0.2) is 0 Å². The van der Waals surface area contributed by atoms with Gasteiger partial charge in [-0.05, 0) is 56.2 Å². The number of furan rings is 1. The van der Waals surface area contributed by atoms with Crippen LogP contribution >= 0.6 is 0 Å². The average molecular weight is 519 g/mol. The molecule has 1 N–H and O–H groups in total. The molecule has 1 saturated carbocycles. The van der Waals surface area contributed by atoms with Crippen molar-refractivity contribution in [1.29, 1.82) is 0 Å². The summed E-state index contributed by atoms with van der Waals surface area (Å²) in [5.74, 6) is 2.32. The number of amides is 1. The molecule has 2 aliphatic heterocycles. The minimum absolute atomic E-state index is 0.00852. The number of ether oxygens (including phenoxy) is 2. The number of nitrogens with zero attached hydrogens (tertiary/aromatic N) is 2. The van der Waals surface area contributed by atoms with E-state index >= 15 is 0 Å². The molecule has 1 aromatic heterocycles. The molecule has 6 rings (SSSR count). The second-order valence-electron chi connectivity index (χ2n) is 11.7. The maximum absolute atomic E-state index is 13.8. The number of carbonyl (C=O) groups is 1. The predicted molar refractivity (Wildman–Crippen MR) is 145 cm³/mol. The predicted octanol–water partition coefficient (Wildman–Crippen LogP) is 4.79. The normalized spacial score (nSPS) is 29.3. The van der Waals surface area contributed by atoms with E-state index in [1.807, 2.05) is 23.1 Å². The van der Waals surface area contributed by atoms with Gasteiger partial charge in [0.05, 0.1) is 25.7 Å². The number of carbonyl (C=O) groups excluding carboxylic acids is 1. The molecule has 4 aliphatic rings. The van der Waals surface area contributed by atoms with Gasteiger partial charge in [-0.2, -0.15) is 0 Å². The van der Waals surface area contributed by atoms with Gasteiger partial charge in [0.25, 0.3) is 0 Å². The monoisotopic (exact) mass is 518 g/mol. The molecular formula is C31H38N2O5. The van der Waals surface area contributed by atoms with Crippen molar-refractivity contribution in [1.82, 2.24) is 9.80 Å². The number of methoxy groups -OCH3 is 1. The summed E-state index contributed by atoms with van der Waals surface area (Å²) in [7, 11) is 1.63. The SMILES string of the molecule is C=CCN1CC[C@]23c4c5c(O)cc(OC)c4O[C@H]2[C@H](N(CC(C)C)C(=O)/C=C/c2ccoc2)CC[C@H]3[C@H]1C5. The van der Waals surface area contributed by atoms with Gasteiger partial charge in [0.1, 0.15) is 11.9 Å². The molecule has 38 heavy (non-hydrogen) atoms. The molecule has 1 amide bonds. The fourth-order valence-electron chi connectivity index (χ4n) is 7.93. The van der Waals surface area contributed by atoms with Gasteiger partial charge in [0, 0.05) is 53.4 Å². The number of piperidine rings is 1. The second-order valence-corrected chi connectivity index (χ2v) is 11.7. The molecule has 1 spiro atoms. The molecule has 5 atom stereocenters. The van der Waals surface area contributed by atoms with E-state index in [0.717, 1.165) is 61.2 Å². The molecule has 0 unspecified atom stereocenters. The van der Waals surface area contributed by atoms with Crippen LogP contribution < -0.4 is 9.47 Å². The van der Waals surface area contributed by atoms with Crippen molar-refractivity contribution in [2.75, 3.05) is 26.7 Å². The van der Waals surface area contributed by atoms with E-state index in [1.54, 1.807) is 31.8 Å². The van der Waals surface area contributed by atoms with Crippen LogP contribution in [0.15, 0.2) is 47.8 Å². The molecule has 202 valence electrons. The van der Waals surface area contributed by atoms with Crippen molar-refractivity contribution < 1.29 is 23.8 Å². The van der Waals surface area contributed by atoms with Crippen molar-refractivity contribution in [3.8, 4) is 17.2 Å². The van der Waals surface area contributed by atoms with Gasteiger partial charge in [-0.3, -0.25) is 9.69 Å². The van der Waals surface area contributed by atoms with E-state index in [9.17, 15) is 9.90 Å². The summed E-state index contributed by atoms with van der Waals surface area (Å²) in [6.45, 7) is 10.7.